The summed E-state index contributed by atoms with van der Waals surface area (Å²) in [5.41, 5.74) is 5.65. The van der Waals surface area contributed by atoms with E-state index >= 15 is 0 Å². The van der Waals surface area contributed by atoms with E-state index in [9.17, 15) is 26.7 Å². The molecule has 0 saturated carbocycles. The Kier molecular flexibility index (Phi) is 4.92. The number of fused-ring (bicyclic) bond motifs is 1. The predicted octanol–water partition coefficient (Wildman–Crippen LogP) is 0.313. The second-order valence-corrected chi connectivity index (χ2v) is 9.10. The van der Waals surface area contributed by atoms with E-state index in [1.54, 1.807) is 13.0 Å². The lowest BCUT2D eigenvalue weighted by atomic mass is 9.98. The van der Waals surface area contributed by atoms with Crippen LogP contribution >= 0.6 is 0 Å². The van der Waals surface area contributed by atoms with E-state index in [0.717, 1.165) is 4.40 Å². The van der Waals surface area contributed by atoms with Crippen molar-refractivity contribution < 1.29 is 26.7 Å². The minimum absolute atomic E-state index is 0.0870. The molecule has 0 spiro atoms. The van der Waals surface area contributed by atoms with Crippen molar-refractivity contribution in [1.29, 1.82) is 0 Å². The smallest absolute Gasteiger partial charge is 0.386 e. The molecule has 1 saturated heterocycles. The number of nitrogens with two attached hydrogens (primary N) is 1. The highest BCUT2D eigenvalue weighted by molar-refractivity contribution is 7.89. The monoisotopic (exact) mass is 457 g/mol. The molecule has 1 aliphatic rings. The molecule has 3 aromatic rings. The van der Waals surface area contributed by atoms with Gasteiger partial charge in [0, 0.05) is 31.4 Å². The molecular weight excluding hydrogens is 439 g/mol. The SMILES string of the molecule is Cc1ccc(S(=O)(=O)NCC2(O)CNC2)cc1-c1cn2c(N)nc(C(F)(F)F)nc2n1. The minimum atomic E-state index is -4.79. The molecule has 5 N–H and O–H groups in total. The molecule has 2 aromatic heterocycles. The van der Waals surface area contributed by atoms with Gasteiger partial charge in [0.15, 0.2) is 0 Å². The number of hydrogen-bond donors (Lipinski definition) is 4. The zero-order chi connectivity index (χ0) is 22.6. The van der Waals surface area contributed by atoms with Crippen molar-refractivity contribution in [1.82, 2.24) is 29.4 Å². The Morgan fingerprint density at radius 1 is 1.29 bits per heavy atom. The first-order chi connectivity index (χ1) is 14.4. The molecule has 0 bridgehead atoms. The average molecular weight is 457 g/mol. The number of imidazole rings is 1. The standard InChI is InChI=1S/C17H18F3N7O3S/c1-9-2-3-10(31(29,30)23-8-16(28)6-22-7-16)4-11(9)12-5-27-14(21)25-13(17(18,19)20)26-15(27)24-12/h2-5,22-23,28H,6-8H2,1H3,(H2,21,24,25,26). The van der Waals surface area contributed by atoms with Crippen LogP contribution in [0, 0.1) is 6.92 Å². The van der Waals surface area contributed by atoms with Gasteiger partial charge < -0.3 is 16.2 Å². The van der Waals surface area contributed by atoms with Crippen LogP contribution in [0.1, 0.15) is 11.4 Å². The van der Waals surface area contributed by atoms with Gasteiger partial charge in [-0.25, -0.2) is 18.1 Å². The van der Waals surface area contributed by atoms with Crippen LogP contribution in [-0.4, -0.2) is 58.1 Å². The van der Waals surface area contributed by atoms with E-state index < -0.39 is 33.6 Å². The second-order valence-electron chi connectivity index (χ2n) is 7.33. The van der Waals surface area contributed by atoms with Crippen molar-refractivity contribution in [2.24, 2.45) is 0 Å². The molecule has 0 aliphatic carbocycles. The fourth-order valence-electron chi connectivity index (χ4n) is 3.05. The van der Waals surface area contributed by atoms with Crippen molar-refractivity contribution in [3.05, 3.63) is 35.8 Å². The molecule has 4 rings (SSSR count). The first-order valence-electron chi connectivity index (χ1n) is 9.02. The van der Waals surface area contributed by atoms with Crippen molar-refractivity contribution in [2.45, 2.75) is 23.6 Å². The summed E-state index contributed by atoms with van der Waals surface area (Å²) in [4.78, 5) is 10.6. The van der Waals surface area contributed by atoms with Crippen molar-refractivity contribution in [3.63, 3.8) is 0 Å². The Balaban J connectivity index is 1.71. The Hall–Kier alpha value is -2.81. The third-order valence-corrected chi connectivity index (χ3v) is 6.31. The van der Waals surface area contributed by atoms with Crippen LogP contribution < -0.4 is 15.8 Å². The van der Waals surface area contributed by atoms with Gasteiger partial charge in [0.1, 0.15) is 5.60 Å². The van der Waals surface area contributed by atoms with Crippen LogP contribution in [0.25, 0.3) is 17.0 Å². The average Bonchev–Trinajstić information content (AvgIpc) is 3.09. The van der Waals surface area contributed by atoms with Crippen LogP contribution in [0.4, 0.5) is 19.1 Å². The molecule has 0 radical (unpaired) electrons. The lowest BCUT2D eigenvalue weighted by Crippen LogP contribution is -2.64. The van der Waals surface area contributed by atoms with E-state index in [-0.39, 0.29) is 36.0 Å². The number of aryl methyl sites for hydroxylation is 1. The summed E-state index contributed by atoms with van der Waals surface area (Å²) in [7, 11) is -3.96. The van der Waals surface area contributed by atoms with Crippen molar-refractivity contribution in [3.8, 4) is 11.3 Å². The maximum atomic E-state index is 12.9. The number of halogens is 3. The molecule has 31 heavy (non-hydrogen) atoms. The van der Waals surface area contributed by atoms with Gasteiger partial charge in [-0.1, -0.05) is 6.07 Å². The highest BCUT2D eigenvalue weighted by Crippen LogP contribution is 2.29. The van der Waals surface area contributed by atoms with Crippen LogP contribution in [0.2, 0.25) is 0 Å². The second kappa shape index (κ2) is 7.12. The number of aliphatic hydroxyl groups is 1. The fourth-order valence-corrected chi connectivity index (χ4v) is 4.20. The van der Waals surface area contributed by atoms with Crippen LogP contribution in [0.3, 0.4) is 0 Å². The Bertz CT molecular complexity index is 1270. The van der Waals surface area contributed by atoms with Crippen LogP contribution in [0.15, 0.2) is 29.3 Å². The Labute approximate surface area is 174 Å². The summed E-state index contributed by atoms with van der Waals surface area (Å²) in [6.07, 6.45) is -3.46. The topological polar surface area (TPSA) is 148 Å². The van der Waals surface area contributed by atoms with Gasteiger partial charge in [-0.05, 0) is 24.6 Å². The molecule has 1 fully saturated rings. The molecule has 1 aliphatic heterocycles. The van der Waals surface area contributed by atoms with Crippen LogP contribution in [-0.2, 0) is 16.2 Å². The maximum absolute atomic E-state index is 12.9. The fraction of sp³-hybridized carbons (Fsp3) is 0.353. The van der Waals surface area contributed by atoms with Crippen molar-refractivity contribution >= 4 is 21.7 Å². The molecule has 0 atom stereocenters. The van der Waals surface area contributed by atoms with E-state index in [1.807, 2.05) is 0 Å². The van der Waals surface area contributed by atoms with Gasteiger partial charge in [0.05, 0.1) is 10.6 Å². The van der Waals surface area contributed by atoms with Gasteiger partial charge in [-0.3, -0.25) is 4.40 Å². The predicted molar refractivity (Wildman–Crippen MR) is 103 cm³/mol. The van der Waals surface area contributed by atoms with Crippen LogP contribution in [0.5, 0.6) is 0 Å². The Morgan fingerprint density at radius 3 is 2.61 bits per heavy atom. The van der Waals surface area contributed by atoms with Gasteiger partial charge in [-0.2, -0.15) is 23.1 Å². The van der Waals surface area contributed by atoms with Gasteiger partial charge in [-0.15, -0.1) is 0 Å². The summed E-state index contributed by atoms with van der Waals surface area (Å²) >= 11 is 0. The number of β-amino-alcohol motifs (C(OH)–C–C–N with tert-alkyl or cyclic N) is 1. The maximum Gasteiger partial charge on any atom is 0.451 e. The largest absolute Gasteiger partial charge is 0.451 e. The third-order valence-electron chi connectivity index (χ3n) is 4.91. The van der Waals surface area contributed by atoms with E-state index in [2.05, 4.69) is 25.0 Å². The quantitative estimate of drug-likeness (QED) is 0.428. The number of hydrogen-bond acceptors (Lipinski definition) is 8. The van der Waals surface area contributed by atoms with E-state index in [4.69, 9.17) is 5.73 Å². The first-order valence-corrected chi connectivity index (χ1v) is 10.5. The zero-order valence-corrected chi connectivity index (χ0v) is 16.9. The minimum Gasteiger partial charge on any atom is -0.386 e. The normalized spacial score (nSPS) is 16.4. The summed E-state index contributed by atoms with van der Waals surface area (Å²) in [6, 6.07) is 4.27. The number of nitrogen functional groups attached to an aromatic ring is 1. The number of nitrogens with zero attached hydrogens (tertiary/aromatic N) is 4. The summed E-state index contributed by atoms with van der Waals surface area (Å²) < 4.78 is 67.6. The van der Waals surface area contributed by atoms with Gasteiger partial charge in [0.25, 0.3) is 0 Å². The lowest BCUT2D eigenvalue weighted by molar-refractivity contribution is -0.144. The van der Waals surface area contributed by atoms with Gasteiger partial charge >= 0.3 is 6.18 Å². The number of nitrogens with one attached hydrogen (secondary N) is 2. The highest BCUT2D eigenvalue weighted by atomic mass is 32.2. The summed E-state index contributed by atoms with van der Waals surface area (Å²) in [6.45, 7) is 2.09. The molecule has 0 amide bonds. The van der Waals surface area contributed by atoms with Crippen molar-refractivity contribution in [2.75, 3.05) is 25.4 Å². The number of rotatable bonds is 5. The third kappa shape index (κ3) is 4.06. The lowest BCUT2D eigenvalue weighted by Gasteiger charge is -2.37. The van der Waals surface area contributed by atoms with Gasteiger partial charge in [0.2, 0.25) is 27.6 Å². The summed E-state index contributed by atoms with van der Waals surface area (Å²) in [5.74, 6) is -2.20. The molecule has 166 valence electrons. The first kappa shape index (κ1) is 21.4. The number of alkyl halides is 3. The number of benzene rings is 1. The van der Waals surface area contributed by atoms with E-state index in [1.165, 1.54) is 18.3 Å². The highest BCUT2D eigenvalue weighted by Gasteiger charge is 2.36. The number of aromatic nitrogens is 4. The molecule has 10 nitrogen and oxygen atoms in total. The molecule has 3 heterocycles. The van der Waals surface area contributed by atoms with E-state index in [0.29, 0.717) is 11.1 Å². The zero-order valence-electron chi connectivity index (χ0n) is 16.1. The summed E-state index contributed by atoms with van der Waals surface area (Å²) in [5, 5.41) is 12.9. The number of anilines is 1. The molecular formula is C17H18F3N7O3S. The molecule has 14 heteroatoms. The molecule has 0 unspecified atom stereocenters. The Morgan fingerprint density at radius 2 is 2.00 bits per heavy atom. The number of sulfonamides is 1. The molecule has 1 aromatic carbocycles.